The van der Waals surface area contributed by atoms with E-state index >= 15 is 0 Å². The molecule has 0 saturated carbocycles. The van der Waals surface area contributed by atoms with Gasteiger partial charge < -0.3 is 25.2 Å². The normalized spacial score (nSPS) is 14.9. The molecule has 0 bridgehead atoms. The molecule has 3 unspecified atom stereocenters. The van der Waals surface area contributed by atoms with E-state index in [1.165, 1.54) is 33.4 Å². The van der Waals surface area contributed by atoms with Crippen LogP contribution in [0.15, 0.2) is 98.0 Å². The fourth-order valence-corrected chi connectivity index (χ4v) is 17.5. The van der Waals surface area contributed by atoms with E-state index in [1.54, 1.807) is 0 Å². The second kappa shape index (κ2) is 28.9. The lowest BCUT2D eigenvalue weighted by Gasteiger charge is -2.29. The smallest absolute Gasteiger partial charge is 0.387 e. The van der Waals surface area contributed by atoms with Gasteiger partial charge >= 0.3 is 24.7 Å². The van der Waals surface area contributed by atoms with E-state index in [1.807, 2.05) is 0 Å². The van der Waals surface area contributed by atoms with E-state index in [2.05, 4.69) is 348 Å². The first-order chi connectivity index (χ1) is 47.8. The van der Waals surface area contributed by atoms with Crippen LogP contribution in [-0.4, -0.2) is 42.8 Å². The highest BCUT2D eigenvalue weighted by Gasteiger charge is 2.36. The van der Waals surface area contributed by atoms with Crippen LogP contribution in [0.5, 0.6) is 0 Å². The predicted molar refractivity (Wildman–Crippen MR) is 458 cm³/mol. The molecule has 0 aliphatic rings. The molecule has 0 spiro atoms. The van der Waals surface area contributed by atoms with E-state index in [4.69, 9.17) is 38.8 Å². The Morgan fingerprint density at radius 1 is 0.226 bits per heavy atom. The van der Waals surface area contributed by atoms with Gasteiger partial charge in [-0.3, -0.25) is 18.5 Å². The molecule has 0 amide bonds. The second-order valence-corrected chi connectivity index (χ2v) is 46.7. The van der Waals surface area contributed by atoms with Crippen molar-refractivity contribution in [1.29, 1.82) is 0 Å². The summed E-state index contributed by atoms with van der Waals surface area (Å²) in [5, 5.41) is 6.15. The number of fused-ring (bicyclic) bond motifs is 9. The van der Waals surface area contributed by atoms with Gasteiger partial charge in [-0.25, -0.2) is 0 Å². The molecule has 13 heteroatoms. The molecular formula is C93H138NO9P3. The van der Waals surface area contributed by atoms with Gasteiger partial charge in [0.1, 0.15) is 33.5 Å². The van der Waals surface area contributed by atoms with Crippen molar-refractivity contribution >= 4 is 90.5 Å². The summed E-state index contributed by atoms with van der Waals surface area (Å²) in [5.74, 6) is 0. The fraction of sp³-hybridized carbons (Fsp3) is 0.613. The molecule has 3 aromatic heterocycles. The van der Waals surface area contributed by atoms with E-state index in [-0.39, 0.29) is 65.0 Å². The van der Waals surface area contributed by atoms with Gasteiger partial charge in [0, 0.05) is 85.3 Å². The van der Waals surface area contributed by atoms with Crippen LogP contribution < -0.4 is 13.6 Å². The van der Waals surface area contributed by atoms with E-state index in [9.17, 15) is 0 Å². The highest BCUT2D eigenvalue weighted by Crippen LogP contribution is 2.51. The Labute approximate surface area is 642 Å². The van der Waals surface area contributed by atoms with Gasteiger partial charge in [0.05, 0.1) is 18.3 Å². The molecule has 0 saturated heterocycles. The van der Waals surface area contributed by atoms with Crippen LogP contribution in [0.4, 0.5) is 0 Å². The van der Waals surface area contributed by atoms with Crippen LogP contribution in [0.25, 0.3) is 65.8 Å². The Hall–Kier alpha value is -5.14. The monoisotopic (exact) mass is 1510 g/mol. The third-order valence-corrected chi connectivity index (χ3v) is 24.4. The van der Waals surface area contributed by atoms with Gasteiger partial charge in [-0.15, -0.1) is 0 Å². The molecule has 10 nitrogen and oxygen atoms in total. The molecule has 9 aromatic rings. The summed E-state index contributed by atoms with van der Waals surface area (Å²) in [7, 11) is -6.21. The number of hydrogen-bond donors (Lipinski definition) is 0. The Kier molecular flexibility index (Phi) is 23.1. The molecule has 106 heavy (non-hydrogen) atoms. The lowest BCUT2D eigenvalue weighted by atomic mass is 9.77. The molecule has 0 N–H and O–H groups in total. The first-order valence-corrected chi connectivity index (χ1v) is 42.4. The van der Waals surface area contributed by atoms with Crippen molar-refractivity contribution in [3.8, 4) is 0 Å². The van der Waals surface area contributed by atoms with Crippen molar-refractivity contribution in [1.82, 2.24) is 4.90 Å². The maximum atomic E-state index is 7.44. The third kappa shape index (κ3) is 19.1. The van der Waals surface area contributed by atoms with Gasteiger partial charge in [0.25, 0.3) is 0 Å². The minimum Gasteiger partial charge on any atom is -0.399 e. The number of nitrogens with zero attached hydrogens (tertiary/aromatic N) is 1. The fourth-order valence-electron chi connectivity index (χ4n) is 14.0. The average molecular weight is 1510 g/mol. The van der Waals surface area contributed by atoms with Gasteiger partial charge in [0.15, 0.2) is 0 Å². The number of rotatable bonds is 12. The highest BCUT2D eigenvalue weighted by atomic mass is 31.1. The van der Waals surface area contributed by atoms with Gasteiger partial charge in [0.2, 0.25) is 0 Å². The van der Waals surface area contributed by atoms with Crippen molar-refractivity contribution in [3.05, 3.63) is 140 Å². The van der Waals surface area contributed by atoms with Crippen molar-refractivity contribution in [2.75, 3.05) is 19.6 Å². The number of hydrogen-bond acceptors (Lipinski definition) is 10. The van der Waals surface area contributed by atoms with Crippen LogP contribution in [-0.2, 0) is 65.0 Å². The first kappa shape index (κ1) is 84.9. The quantitative estimate of drug-likeness (QED) is 0.117. The van der Waals surface area contributed by atoms with Gasteiger partial charge in [-0.2, -0.15) is 0 Å². The molecule has 9 rings (SSSR count). The van der Waals surface area contributed by atoms with Crippen LogP contribution in [0, 0.1) is 0 Å². The first-order valence-electron chi connectivity index (χ1n) is 39.2. The van der Waals surface area contributed by atoms with Crippen LogP contribution in [0.2, 0.25) is 0 Å². The standard InChI is InChI=1S/C93H138NO9P3/c1-55(95-104-98-76-64(40-58(82(4,5)6)46-70(76)88(22,23)24)65-41-59(83(7,8)9)47-71(77(65)99-104)89(25,26)27)52-94(53-56(2)96-105-100-78-66(42-60(84(10,11)12)48-72(78)90(28,29)30)67-43-61(85(13,14)15)49-73(79(67)101-105)91(31,32)33)54-57(3)97-106-102-80-68(44-62(86(16,17)18)50-74(80)92(34,35)36)69-45-63(87(19,20)21)51-75(81(69)103-106)93(37,38)39/h40-51,55-57H,52-54H2,1-39H3. The van der Waals surface area contributed by atoms with Gasteiger partial charge in [-0.1, -0.05) is 286 Å². The van der Waals surface area contributed by atoms with Crippen molar-refractivity contribution < 1.29 is 38.8 Å². The average Bonchev–Trinajstić information content (AvgIpc) is 1.48. The molecule has 0 radical (unpaired) electrons. The zero-order valence-electron chi connectivity index (χ0n) is 73.2. The lowest BCUT2D eigenvalue weighted by Crippen LogP contribution is -2.43. The van der Waals surface area contributed by atoms with Crippen molar-refractivity contribution in [2.24, 2.45) is 0 Å². The molecule has 584 valence electrons. The molecule has 3 heterocycles. The lowest BCUT2D eigenvalue weighted by molar-refractivity contribution is 0.104. The molecule has 0 aliphatic carbocycles. The zero-order chi connectivity index (χ0) is 79.9. The van der Waals surface area contributed by atoms with Crippen molar-refractivity contribution in [2.45, 2.75) is 353 Å². The molecule has 3 atom stereocenters. The SMILES string of the molecule is CC(CN(CC(C)Op1oc2c(C(C)(C)C)cc(C(C)(C)C)cc2c2cc(C(C)(C)C)cc(C(C)(C)C)c2o1)CC(C)Op1oc2c(C(C)(C)C)cc(C(C)(C)C)cc2c2cc(C(C)(C)C)cc(C(C)(C)C)c2o1)Op1oc2c(C(C)(C)C)cc(C(C)(C)C)cc2c2cc(C(C)(C)C)cc(C(C)(C)C)c2o1. The maximum Gasteiger partial charge on any atom is 0.387 e. The minimum atomic E-state index is -2.07. The van der Waals surface area contributed by atoms with Crippen molar-refractivity contribution in [3.63, 3.8) is 0 Å². The summed E-state index contributed by atoms with van der Waals surface area (Å²) in [6, 6.07) is 28.2. The summed E-state index contributed by atoms with van der Waals surface area (Å²) in [4.78, 5) is 2.39. The maximum absolute atomic E-state index is 7.44. The van der Waals surface area contributed by atoms with E-state index in [0.717, 1.165) is 99.2 Å². The Balaban J connectivity index is 1.27. The predicted octanol–water partition coefficient (Wildman–Crippen LogP) is 29.2. The van der Waals surface area contributed by atoms with Crippen LogP contribution in [0.3, 0.4) is 0 Å². The van der Waals surface area contributed by atoms with Crippen LogP contribution in [0.1, 0.15) is 337 Å². The zero-order valence-corrected chi connectivity index (χ0v) is 75.9. The Morgan fingerprint density at radius 2 is 0.358 bits per heavy atom. The Bertz CT molecular complexity index is 4120. The molecular weight excluding hydrogens is 1370 g/mol. The summed E-state index contributed by atoms with van der Waals surface area (Å²) in [6.07, 6.45) is -1.35. The molecule has 0 fully saturated rings. The van der Waals surface area contributed by atoms with E-state index in [0.29, 0.717) is 19.6 Å². The van der Waals surface area contributed by atoms with E-state index < -0.39 is 43.0 Å². The summed E-state index contributed by atoms with van der Waals surface area (Å²) in [6.45, 7) is 90.0. The molecule has 0 aliphatic heterocycles. The number of benzene rings is 6. The summed E-state index contributed by atoms with van der Waals surface area (Å²) in [5.41, 5.74) is 16.2. The Morgan fingerprint density at radius 3 is 0.472 bits per heavy atom. The van der Waals surface area contributed by atoms with Gasteiger partial charge in [-0.05, 0) is 156 Å². The third-order valence-electron chi connectivity index (χ3n) is 20.8. The second-order valence-electron chi connectivity index (χ2n) is 43.6. The topological polar surface area (TPSA) is 110 Å². The summed E-state index contributed by atoms with van der Waals surface area (Å²) < 4.78 is 66.9. The van der Waals surface area contributed by atoms with Crippen LogP contribution >= 0.6 is 24.7 Å². The largest absolute Gasteiger partial charge is 0.399 e. The minimum absolute atomic E-state index is 0.152. The molecule has 6 aromatic carbocycles. The highest BCUT2D eigenvalue weighted by molar-refractivity contribution is 7.32. The summed E-state index contributed by atoms with van der Waals surface area (Å²) >= 11 is 0.